The Morgan fingerprint density at radius 3 is 2.09 bits per heavy atom. The van der Waals surface area contributed by atoms with E-state index in [1.54, 1.807) is 56.8 Å². The molecule has 2 atom stereocenters. The van der Waals surface area contributed by atoms with Crippen LogP contribution in [0.25, 0.3) is 0 Å². The fourth-order valence-corrected chi connectivity index (χ4v) is 5.15. The Bertz CT molecular complexity index is 1200. The standard InChI is InChI=1S/C26H31N3O5S/c1-5-14-34-25(26-27-15-19(2)16-28-26)20(3)35(31,32)29(17-21-6-10-23(30)11-7-21)18-22-8-12-24(33-4)13-9-22/h5-13,15-16,20,25,30H,1,14,17-18H2,2-4H3/t20-,25-/m0/s1. The number of ether oxygens (including phenoxy) is 2. The van der Waals surface area contributed by atoms with Gasteiger partial charge in [0.2, 0.25) is 10.0 Å². The van der Waals surface area contributed by atoms with Gasteiger partial charge in [-0.2, -0.15) is 4.31 Å². The fraction of sp³-hybridized carbons (Fsp3) is 0.308. The Morgan fingerprint density at radius 2 is 1.57 bits per heavy atom. The molecule has 0 saturated heterocycles. The van der Waals surface area contributed by atoms with Crippen LogP contribution in [-0.2, 0) is 27.8 Å². The van der Waals surface area contributed by atoms with Gasteiger partial charge >= 0.3 is 0 Å². The second-order valence-electron chi connectivity index (χ2n) is 8.19. The maximum Gasteiger partial charge on any atom is 0.220 e. The van der Waals surface area contributed by atoms with Crippen LogP contribution < -0.4 is 4.74 Å². The third-order valence-corrected chi connectivity index (χ3v) is 7.68. The molecule has 1 heterocycles. The normalized spacial score (nSPS) is 13.4. The first-order valence-corrected chi connectivity index (χ1v) is 12.7. The number of sulfonamides is 1. The zero-order chi connectivity index (χ0) is 25.4. The van der Waals surface area contributed by atoms with E-state index in [4.69, 9.17) is 9.47 Å². The number of phenols is 1. The van der Waals surface area contributed by atoms with Crippen LogP contribution in [0.5, 0.6) is 11.5 Å². The highest BCUT2D eigenvalue weighted by Crippen LogP contribution is 2.28. The lowest BCUT2D eigenvalue weighted by molar-refractivity contribution is 0.0654. The lowest BCUT2D eigenvalue weighted by Gasteiger charge is -2.30. The Hall–Kier alpha value is -3.27. The lowest BCUT2D eigenvalue weighted by atomic mass is 10.2. The molecule has 0 radical (unpaired) electrons. The van der Waals surface area contributed by atoms with Crippen molar-refractivity contribution in [3.05, 3.63) is 96.1 Å². The molecule has 0 aliphatic carbocycles. The van der Waals surface area contributed by atoms with Crippen LogP contribution in [-0.4, -0.2) is 46.8 Å². The molecule has 0 unspecified atom stereocenters. The van der Waals surface area contributed by atoms with Crippen molar-refractivity contribution in [2.24, 2.45) is 0 Å². The predicted octanol–water partition coefficient (Wildman–Crippen LogP) is 4.16. The molecule has 8 nitrogen and oxygen atoms in total. The average Bonchev–Trinajstić information content (AvgIpc) is 2.86. The summed E-state index contributed by atoms with van der Waals surface area (Å²) in [4.78, 5) is 8.65. The first-order valence-electron chi connectivity index (χ1n) is 11.2. The van der Waals surface area contributed by atoms with E-state index in [9.17, 15) is 13.5 Å². The third kappa shape index (κ3) is 6.88. The van der Waals surface area contributed by atoms with Crippen molar-refractivity contribution in [3.63, 3.8) is 0 Å². The number of aryl methyl sites for hydroxylation is 1. The summed E-state index contributed by atoms with van der Waals surface area (Å²) in [6, 6.07) is 13.7. The van der Waals surface area contributed by atoms with Gasteiger partial charge in [-0.1, -0.05) is 30.3 Å². The molecule has 0 aliphatic heterocycles. The first-order chi connectivity index (χ1) is 16.7. The number of aromatic hydroxyl groups is 1. The minimum atomic E-state index is -3.91. The van der Waals surface area contributed by atoms with E-state index in [1.165, 1.54) is 16.4 Å². The second-order valence-corrected chi connectivity index (χ2v) is 10.5. The summed E-state index contributed by atoms with van der Waals surface area (Å²) in [6.45, 7) is 7.54. The van der Waals surface area contributed by atoms with E-state index in [0.717, 1.165) is 16.7 Å². The minimum absolute atomic E-state index is 0.112. The Labute approximate surface area is 206 Å². The number of methoxy groups -OCH3 is 1. The Kier molecular flexibility index (Phi) is 8.97. The van der Waals surface area contributed by atoms with Crippen LogP contribution in [0.15, 0.2) is 73.6 Å². The zero-order valence-corrected chi connectivity index (χ0v) is 21.0. The molecule has 186 valence electrons. The monoisotopic (exact) mass is 497 g/mol. The highest BCUT2D eigenvalue weighted by atomic mass is 32.2. The number of benzene rings is 2. The maximum atomic E-state index is 14.0. The molecule has 0 aliphatic rings. The van der Waals surface area contributed by atoms with Crippen LogP contribution in [0, 0.1) is 6.92 Å². The third-order valence-electron chi connectivity index (χ3n) is 5.52. The van der Waals surface area contributed by atoms with Crippen molar-refractivity contribution in [1.29, 1.82) is 0 Å². The average molecular weight is 498 g/mol. The van der Waals surface area contributed by atoms with Gasteiger partial charge in [0.05, 0.1) is 13.7 Å². The van der Waals surface area contributed by atoms with Crippen molar-refractivity contribution in [2.75, 3.05) is 13.7 Å². The number of phenolic OH excluding ortho intramolecular Hbond substituents is 1. The van der Waals surface area contributed by atoms with Crippen LogP contribution in [0.2, 0.25) is 0 Å². The molecule has 3 rings (SSSR count). The van der Waals surface area contributed by atoms with Crippen LogP contribution in [0.4, 0.5) is 0 Å². The molecule has 0 amide bonds. The highest BCUT2D eigenvalue weighted by molar-refractivity contribution is 7.89. The topological polar surface area (TPSA) is 102 Å². The molecule has 0 spiro atoms. The molecule has 0 fully saturated rings. The summed E-state index contributed by atoms with van der Waals surface area (Å²) in [7, 11) is -2.33. The summed E-state index contributed by atoms with van der Waals surface area (Å²) in [6.07, 6.45) is 3.94. The van der Waals surface area contributed by atoms with E-state index in [1.807, 2.05) is 19.1 Å². The van der Waals surface area contributed by atoms with Crippen molar-refractivity contribution in [1.82, 2.24) is 14.3 Å². The molecule has 0 bridgehead atoms. The van der Waals surface area contributed by atoms with Crippen molar-refractivity contribution >= 4 is 10.0 Å². The van der Waals surface area contributed by atoms with Gasteiger partial charge in [-0.3, -0.25) is 0 Å². The molecule has 35 heavy (non-hydrogen) atoms. The van der Waals surface area contributed by atoms with E-state index in [0.29, 0.717) is 11.6 Å². The summed E-state index contributed by atoms with van der Waals surface area (Å²) >= 11 is 0. The molecular formula is C26H31N3O5S. The van der Waals surface area contributed by atoms with E-state index < -0.39 is 21.4 Å². The zero-order valence-electron chi connectivity index (χ0n) is 20.2. The van der Waals surface area contributed by atoms with Crippen LogP contribution in [0.1, 0.15) is 35.5 Å². The summed E-state index contributed by atoms with van der Waals surface area (Å²) in [5, 5.41) is 8.66. The predicted molar refractivity (Wildman–Crippen MR) is 134 cm³/mol. The summed E-state index contributed by atoms with van der Waals surface area (Å²) < 4.78 is 40.4. The van der Waals surface area contributed by atoms with Crippen molar-refractivity contribution < 1.29 is 23.0 Å². The molecule has 2 aromatic carbocycles. The summed E-state index contributed by atoms with van der Waals surface area (Å²) in [5.74, 6) is 1.09. The van der Waals surface area contributed by atoms with E-state index >= 15 is 0 Å². The number of rotatable bonds is 12. The molecular weight excluding hydrogens is 466 g/mol. The first kappa shape index (κ1) is 26.3. The SMILES string of the molecule is C=CCO[C@H](c1ncc(C)cn1)[C@H](C)S(=O)(=O)N(Cc1ccc(O)cc1)Cc1ccc(OC)cc1. The van der Waals surface area contributed by atoms with E-state index in [2.05, 4.69) is 16.5 Å². The smallest absolute Gasteiger partial charge is 0.220 e. The van der Waals surface area contributed by atoms with Gasteiger partial charge in [0.25, 0.3) is 0 Å². The summed E-state index contributed by atoms with van der Waals surface area (Å²) in [5.41, 5.74) is 2.40. The molecule has 1 aromatic heterocycles. The highest BCUT2D eigenvalue weighted by Gasteiger charge is 2.37. The largest absolute Gasteiger partial charge is 0.508 e. The molecule has 1 N–H and O–H groups in total. The van der Waals surface area contributed by atoms with Gasteiger partial charge in [-0.25, -0.2) is 18.4 Å². The van der Waals surface area contributed by atoms with Gasteiger partial charge in [0, 0.05) is 25.5 Å². The second kappa shape index (κ2) is 11.9. The molecule has 9 heteroatoms. The minimum Gasteiger partial charge on any atom is -0.508 e. The molecule has 3 aromatic rings. The van der Waals surface area contributed by atoms with Crippen molar-refractivity contribution in [3.8, 4) is 11.5 Å². The van der Waals surface area contributed by atoms with Gasteiger partial charge in [0.1, 0.15) is 22.9 Å². The Morgan fingerprint density at radius 1 is 1.03 bits per heavy atom. The number of nitrogens with zero attached hydrogens (tertiary/aromatic N) is 3. The molecule has 0 saturated carbocycles. The quantitative estimate of drug-likeness (QED) is 0.375. The Balaban J connectivity index is 1.97. The maximum absolute atomic E-state index is 14.0. The van der Waals surface area contributed by atoms with Gasteiger partial charge in [-0.05, 0) is 54.8 Å². The lowest BCUT2D eigenvalue weighted by Crippen LogP contribution is -2.40. The number of hydrogen-bond acceptors (Lipinski definition) is 7. The fourth-order valence-electron chi connectivity index (χ4n) is 3.51. The van der Waals surface area contributed by atoms with Crippen LogP contribution >= 0.6 is 0 Å². The van der Waals surface area contributed by atoms with Gasteiger partial charge in [0.15, 0.2) is 5.82 Å². The van der Waals surface area contributed by atoms with Crippen LogP contribution in [0.3, 0.4) is 0 Å². The van der Waals surface area contributed by atoms with Crippen molar-refractivity contribution in [2.45, 2.75) is 38.3 Å². The van der Waals surface area contributed by atoms with E-state index in [-0.39, 0.29) is 25.4 Å². The number of hydrogen-bond donors (Lipinski definition) is 1. The number of aromatic nitrogens is 2. The van der Waals surface area contributed by atoms with Gasteiger partial charge in [-0.15, -0.1) is 6.58 Å². The van der Waals surface area contributed by atoms with Gasteiger partial charge < -0.3 is 14.6 Å².